The summed E-state index contributed by atoms with van der Waals surface area (Å²) in [4.78, 5) is 16.2. The molecule has 0 rings (SSSR count). The van der Waals surface area contributed by atoms with Crippen molar-refractivity contribution in [1.82, 2.24) is 16.0 Å². The fourth-order valence-electron chi connectivity index (χ4n) is 1.81. The van der Waals surface area contributed by atoms with E-state index < -0.39 is 0 Å². The highest BCUT2D eigenvalue weighted by Crippen LogP contribution is 1.98. The molecule has 1 amide bonds. The minimum absolute atomic E-state index is 0.0932. The van der Waals surface area contributed by atoms with Gasteiger partial charge in [0.1, 0.15) is 0 Å². The van der Waals surface area contributed by atoms with E-state index in [1.54, 1.807) is 0 Å². The molecule has 0 heterocycles. The first-order chi connectivity index (χ1) is 10.1. The van der Waals surface area contributed by atoms with Crippen LogP contribution in [-0.2, 0) is 4.79 Å². The zero-order valence-electron chi connectivity index (χ0n) is 14.3. The molecule has 21 heavy (non-hydrogen) atoms. The topological polar surface area (TPSA) is 65.5 Å². The molecule has 0 saturated heterocycles. The van der Waals surface area contributed by atoms with Crippen molar-refractivity contribution in [3.05, 3.63) is 0 Å². The molecule has 3 N–H and O–H groups in total. The monoisotopic (exact) mass is 298 g/mol. The molecule has 0 aliphatic rings. The number of hydrogen-bond acceptors (Lipinski definition) is 2. The Morgan fingerprint density at radius 1 is 1.10 bits per heavy atom. The van der Waals surface area contributed by atoms with E-state index in [4.69, 9.17) is 0 Å². The van der Waals surface area contributed by atoms with Crippen molar-refractivity contribution in [3.8, 4) is 0 Å². The molecule has 0 spiro atoms. The van der Waals surface area contributed by atoms with Crippen LogP contribution in [0.1, 0.15) is 66.2 Å². The number of aliphatic imine (C=N–C) groups is 1. The molecule has 124 valence electrons. The van der Waals surface area contributed by atoms with Crippen LogP contribution in [0.25, 0.3) is 0 Å². The molecular formula is C16H34N4O. The van der Waals surface area contributed by atoms with Gasteiger partial charge in [0.2, 0.25) is 5.91 Å². The van der Waals surface area contributed by atoms with Crippen LogP contribution < -0.4 is 16.0 Å². The number of carbonyl (C=O) groups excluding carboxylic acids is 1. The maximum absolute atomic E-state index is 11.7. The van der Waals surface area contributed by atoms with E-state index in [9.17, 15) is 4.79 Å². The zero-order chi connectivity index (χ0) is 15.9. The van der Waals surface area contributed by atoms with Crippen molar-refractivity contribution in [1.29, 1.82) is 0 Å². The van der Waals surface area contributed by atoms with Crippen LogP contribution in [0.3, 0.4) is 0 Å². The van der Waals surface area contributed by atoms with Gasteiger partial charge in [-0.1, -0.05) is 33.1 Å². The Hall–Kier alpha value is -1.26. The Kier molecular flexibility index (Phi) is 12.9. The molecule has 0 aliphatic heterocycles. The second-order valence-electron chi connectivity index (χ2n) is 5.37. The van der Waals surface area contributed by atoms with Crippen molar-refractivity contribution < 1.29 is 4.79 Å². The second-order valence-corrected chi connectivity index (χ2v) is 5.37. The summed E-state index contributed by atoms with van der Waals surface area (Å²) in [6.45, 7) is 10.6. The number of hydrogen-bond donors (Lipinski definition) is 3. The second kappa shape index (κ2) is 13.7. The summed E-state index contributed by atoms with van der Waals surface area (Å²) in [5.41, 5.74) is 0. The number of unbranched alkanes of at least 4 members (excludes halogenated alkanes) is 3. The summed E-state index contributed by atoms with van der Waals surface area (Å²) < 4.78 is 0. The first-order valence-electron chi connectivity index (χ1n) is 8.45. The highest BCUT2D eigenvalue weighted by molar-refractivity contribution is 5.81. The smallest absolute Gasteiger partial charge is 0.221 e. The van der Waals surface area contributed by atoms with E-state index in [-0.39, 0.29) is 11.9 Å². The first kappa shape index (κ1) is 19.7. The molecule has 0 aromatic heterocycles. The number of carbonyl (C=O) groups is 1. The average Bonchev–Trinajstić information content (AvgIpc) is 2.46. The number of nitrogens with zero attached hydrogens (tertiary/aromatic N) is 1. The predicted molar refractivity (Wildman–Crippen MR) is 90.6 cm³/mol. The summed E-state index contributed by atoms with van der Waals surface area (Å²) in [6, 6.07) is 0.248. The van der Waals surface area contributed by atoms with Crippen LogP contribution in [0.5, 0.6) is 0 Å². The summed E-state index contributed by atoms with van der Waals surface area (Å²) in [5, 5.41) is 9.38. The van der Waals surface area contributed by atoms with Crippen LogP contribution in [-0.4, -0.2) is 37.5 Å². The van der Waals surface area contributed by atoms with E-state index in [0.717, 1.165) is 31.9 Å². The highest BCUT2D eigenvalue weighted by Gasteiger charge is 2.05. The van der Waals surface area contributed by atoms with Gasteiger partial charge in [0.15, 0.2) is 5.96 Å². The van der Waals surface area contributed by atoms with Crippen molar-refractivity contribution in [2.45, 2.75) is 72.3 Å². The Morgan fingerprint density at radius 2 is 1.86 bits per heavy atom. The molecule has 5 nitrogen and oxygen atoms in total. The molecule has 0 aromatic rings. The lowest BCUT2D eigenvalue weighted by molar-refractivity contribution is -0.121. The van der Waals surface area contributed by atoms with Gasteiger partial charge in [-0.15, -0.1) is 0 Å². The molecule has 0 bridgehead atoms. The van der Waals surface area contributed by atoms with Crippen LogP contribution >= 0.6 is 0 Å². The van der Waals surface area contributed by atoms with E-state index in [1.165, 1.54) is 19.3 Å². The van der Waals surface area contributed by atoms with Crippen LogP contribution in [0, 0.1) is 0 Å². The Balaban J connectivity index is 3.92. The molecule has 0 aromatic carbocycles. The predicted octanol–water partition coefficient (Wildman–Crippen LogP) is 2.43. The van der Waals surface area contributed by atoms with Crippen LogP contribution in [0.2, 0.25) is 0 Å². The minimum atomic E-state index is 0.0932. The van der Waals surface area contributed by atoms with Gasteiger partial charge in [-0.3, -0.25) is 9.79 Å². The normalized spacial score (nSPS) is 12.9. The van der Waals surface area contributed by atoms with Gasteiger partial charge in [0.25, 0.3) is 0 Å². The third-order valence-electron chi connectivity index (χ3n) is 3.29. The Bertz CT molecular complexity index is 292. The maximum atomic E-state index is 11.7. The maximum Gasteiger partial charge on any atom is 0.221 e. The van der Waals surface area contributed by atoms with Crippen molar-refractivity contribution in [2.24, 2.45) is 4.99 Å². The lowest BCUT2D eigenvalue weighted by atomic mass is 10.2. The first-order valence-corrected chi connectivity index (χ1v) is 8.45. The standard InChI is InChI=1S/C16H34N4O/c1-5-8-9-10-12-18-16(17-7-3)19-13-11-15(21)20-14(4)6-2/h14H,5-13H2,1-4H3,(H,20,21)(H2,17,18,19). The molecule has 0 aliphatic carbocycles. The van der Waals surface area contributed by atoms with Crippen LogP contribution in [0.4, 0.5) is 0 Å². The molecule has 1 unspecified atom stereocenters. The lowest BCUT2D eigenvalue weighted by Crippen LogP contribution is -2.40. The summed E-state index contributed by atoms with van der Waals surface area (Å²) in [5.74, 6) is 0.904. The van der Waals surface area contributed by atoms with Gasteiger partial charge in [-0.05, 0) is 26.7 Å². The minimum Gasteiger partial charge on any atom is -0.357 e. The van der Waals surface area contributed by atoms with Gasteiger partial charge in [-0.25, -0.2) is 0 Å². The third kappa shape index (κ3) is 12.2. The van der Waals surface area contributed by atoms with Crippen LogP contribution in [0.15, 0.2) is 4.99 Å². The molecule has 0 radical (unpaired) electrons. The fraction of sp³-hybridized carbons (Fsp3) is 0.875. The van der Waals surface area contributed by atoms with Crippen molar-refractivity contribution in [2.75, 3.05) is 19.6 Å². The van der Waals surface area contributed by atoms with E-state index >= 15 is 0 Å². The average molecular weight is 298 g/mol. The Labute approximate surface area is 130 Å². The van der Waals surface area contributed by atoms with E-state index in [0.29, 0.717) is 13.0 Å². The van der Waals surface area contributed by atoms with E-state index in [1.807, 2.05) is 13.8 Å². The largest absolute Gasteiger partial charge is 0.357 e. The number of amides is 1. The van der Waals surface area contributed by atoms with Crippen molar-refractivity contribution in [3.63, 3.8) is 0 Å². The third-order valence-corrected chi connectivity index (χ3v) is 3.29. The summed E-state index contributed by atoms with van der Waals surface area (Å²) in [7, 11) is 0. The Morgan fingerprint density at radius 3 is 2.48 bits per heavy atom. The molecule has 0 saturated carbocycles. The van der Waals surface area contributed by atoms with E-state index in [2.05, 4.69) is 34.8 Å². The number of guanidine groups is 1. The van der Waals surface area contributed by atoms with Crippen molar-refractivity contribution >= 4 is 11.9 Å². The molecular weight excluding hydrogens is 264 g/mol. The SMILES string of the molecule is CCCCCCN=C(NCC)NCCC(=O)NC(C)CC. The van der Waals surface area contributed by atoms with Gasteiger partial charge in [-0.2, -0.15) is 0 Å². The number of nitrogens with one attached hydrogen (secondary N) is 3. The molecule has 1 atom stereocenters. The highest BCUT2D eigenvalue weighted by atomic mass is 16.1. The lowest BCUT2D eigenvalue weighted by Gasteiger charge is -2.13. The quantitative estimate of drug-likeness (QED) is 0.312. The molecule has 5 heteroatoms. The van der Waals surface area contributed by atoms with Gasteiger partial charge < -0.3 is 16.0 Å². The summed E-state index contributed by atoms with van der Waals surface area (Å²) >= 11 is 0. The van der Waals surface area contributed by atoms with Gasteiger partial charge >= 0.3 is 0 Å². The van der Waals surface area contributed by atoms with Gasteiger partial charge in [0, 0.05) is 32.1 Å². The molecule has 0 fully saturated rings. The zero-order valence-corrected chi connectivity index (χ0v) is 14.3. The fourth-order valence-corrected chi connectivity index (χ4v) is 1.81. The summed E-state index contributed by atoms with van der Waals surface area (Å²) in [6.07, 6.45) is 6.31. The van der Waals surface area contributed by atoms with Gasteiger partial charge in [0.05, 0.1) is 0 Å². The number of rotatable bonds is 11.